The fourth-order valence-electron chi connectivity index (χ4n) is 3.63. The maximum absolute atomic E-state index is 13.5. The summed E-state index contributed by atoms with van der Waals surface area (Å²) >= 11 is 13.4. The molecule has 0 saturated carbocycles. The first-order valence-electron chi connectivity index (χ1n) is 9.54. The second-order valence-corrected chi connectivity index (χ2v) is 8.81. The SMILES string of the molecule is COC(=O)C1=C(C)N=c2s/c(=C\c3ccc(Cl)c(Cl)c3)c(=O)n2C1c1ccccc1OC. The molecule has 1 unspecified atom stereocenters. The maximum atomic E-state index is 13.5. The molecule has 1 atom stereocenters. The number of allylic oxidation sites excluding steroid dienone is 1. The van der Waals surface area contributed by atoms with Gasteiger partial charge in [-0.1, -0.05) is 58.8 Å². The molecule has 0 amide bonds. The number of hydrogen-bond donors (Lipinski definition) is 0. The normalized spacial score (nSPS) is 15.9. The zero-order valence-corrected chi connectivity index (χ0v) is 19.7. The van der Waals surface area contributed by atoms with Crippen molar-refractivity contribution in [2.45, 2.75) is 13.0 Å². The van der Waals surface area contributed by atoms with E-state index in [0.717, 1.165) is 5.56 Å². The van der Waals surface area contributed by atoms with Crippen LogP contribution in [0.5, 0.6) is 5.75 Å². The Labute approximate surface area is 197 Å². The average molecular weight is 489 g/mol. The Morgan fingerprint density at radius 3 is 2.59 bits per heavy atom. The van der Waals surface area contributed by atoms with Gasteiger partial charge in [0.2, 0.25) is 0 Å². The van der Waals surface area contributed by atoms with Crippen LogP contribution in [-0.2, 0) is 9.53 Å². The molecule has 0 radical (unpaired) electrons. The Kier molecular flexibility index (Phi) is 6.24. The van der Waals surface area contributed by atoms with Gasteiger partial charge in [-0.05, 0) is 36.8 Å². The van der Waals surface area contributed by atoms with Crippen molar-refractivity contribution in [2.75, 3.05) is 14.2 Å². The van der Waals surface area contributed by atoms with E-state index in [1.165, 1.54) is 23.0 Å². The van der Waals surface area contributed by atoms with Crippen molar-refractivity contribution in [3.8, 4) is 5.75 Å². The average Bonchev–Trinajstić information content (AvgIpc) is 3.09. The van der Waals surface area contributed by atoms with Crippen molar-refractivity contribution in [2.24, 2.45) is 4.99 Å². The number of ether oxygens (including phenoxy) is 2. The van der Waals surface area contributed by atoms with Gasteiger partial charge in [-0.2, -0.15) is 0 Å². The summed E-state index contributed by atoms with van der Waals surface area (Å²) in [5.41, 5.74) is 1.86. The first kappa shape index (κ1) is 22.3. The topological polar surface area (TPSA) is 69.9 Å². The van der Waals surface area contributed by atoms with Gasteiger partial charge in [-0.25, -0.2) is 9.79 Å². The van der Waals surface area contributed by atoms with Gasteiger partial charge in [0.1, 0.15) is 11.8 Å². The lowest BCUT2D eigenvalue weighted by molar-refractivity contribution is -0.136. The molecule has 0 N–H and O–H groups in total. The number of carbonyl (C=O) groups excluding carboxylic acids is 1. The summed E-state index contributed by atoms with van der Waals surface area (Å²) in [5, 5.41) is 0.823. The summed E-state index contributed by atoms with van der Waals surface area (Å²) in [6.45, 7) is 1.73. The number of carbonyl (C=O) groups is 1. The number of aromatic nitrogens is 1. The lowest BCUT2D eigenvalue weighted by Crippen LogP contribution is -2.40. The first-order chi connectivity index (χ1) is 15.3. The second kappa shape index (κ2) is 8.94. The van der Waals surface area contributed by atoms with Crippen LogP contribution in [0.15, 0.2) is 63.5 Å². The zero-order chi connectivity index (χ0) is 23.0. The van der Waals surface area contributed by atoms with Gasteiger partial charge >= 0.3 is 5.97 Å². The van der Waals surface area contributed by atoms with Crippen LogP contribution in [0, 0.1) is 0 Å². The van der Waals surface area contributed by atoms with Crippen LogP contribution < -0.4 is 19.6 Å². The van der Waals surface area contributed by atoms with Crippen molar-refractivity contribution in [3.05, 3.63) is 94.6 Å². The highest BCUT2D eigenvalue weighted by atomic mass is 35.5. The monoisotopic (exact) mass is 488 g/mol. The smallest absolute Gasteiger partial charge is 0.338 e. The van der Waals surface area contributed by atoms with Crippen LogP contribution in [0.3, 0.4) is 0 Å². The highest BCUT2D eigenvalue weighted by molar-refractivity contribution is 7.07. The predicted molar refractivity (Wildman–Crippen MR) is 125 cm³/mol. The van der Waals surface area contributed by atoms with E-state index in [1.807, 2.05) is 18.2 Å². The Hall–Kier alpha value is -2.87. The van der Waals surface area contributed by atoms with Crippen LogP contribution in [-0.4, -0.2) is 24.8 Å². The summed E-state index contributed by atoms with van der Waals surface area (Å²) in [4.78, 5) is 31.3. The van der Waals surface area contributed by atoms with Gasteiger partial charge in [0.25, 0.3) is 5.56 Å². The van der Waals surface area contributed by atoms with Gasteiger partial charge in [0.15, 0.2) is 4.80 Å². The largest absolute Gasteiger partial charge is 0.496 e. The Bertz CT molecular complexity index is 1440. The molecule has 0 bridgehead atoms. The molecule has 164 valence electrons. The molecule has 2 heterocycles. The number of nitrogens with zero attached hydrogens (tertiary/aromatic N) is 2. The number of esters is 1. The molecular weight excluding hydrogens is 471 g/mol. The van der Waals surface area contributed by atoms with E-state index in [9.17, 15) is 9.59 Å². The summed E-state index contributed by atoms with van der Waals surface area (Å²) in [6, 6.07) is 11.6. The van der Waals surface area contributed by atoms with Crippen molar-refractivity contribution in [1.29, 1.82) is 0 Å². The quantitative estimate of drug-likeness (QED) is 0.524. The number of halogens is 2. The molecule has 2 aromatic carbocycles. The summed E-state index contributed by atoms with van der Waals surface area (Å²) in [7, 11) is 2.85. The molecule has 0 aliphatic carbocycles. The van der Waals surface area contributed by atoms with Crippen LogP contribution in [0.2, 0.25) is 10.0 Å². The van der Waals surface area contributed by atoms with Crippen LogP contribution in [0.1, 0.15) is 24.1 Å². The number of fused-ring (bicyclic) bond motifs is 1. The van der Waals surface area contributed by atoms with Gasteiger partial charge in [0.05, 0.1) is 40.1 Å². The van der Waals surface area contributed by atoms with E-state index in [1.54, 1.807) is 44.4 Å². The molecule has 0 fully saturated rings. The lowest BCUT2D eigenvalue weighted by atomic mass is 9.95. The number of rotatable bonds is 4. The highest BCUT2D eigenvalue weighted by Gasteiger charge is 2.34. The number of benzene rings is 2. The van der Waals surface area contributed by atoms with E-state index in [4.69, 9.17) is 32.7 Å². The van der Waals surface area contributed by atoms with E-state index >= 15 is 0 Å². The third-order valence-electron chi connectivity index (χ3n) is 5.10. The van der Waals surface area contributed by atoms with E-state index in [2.05, 4.69) is 4.99 Å². The summed E-state index contributed by atoms with van der Waals surface area (Å²) in [6.07, 6.45) is 1.72. The molecule has 3 aromatic rings. The molecule has 9 heteroatoms. The van der Waals surface area contributed by atoms with E-state index in [0.29, 0.717) is 36.4 Å². The van der Waals surface area contributed by atoms with Crippen LogP contribution in [0.25, 0.3) is 6.08 Å². The van der Waals surface area contributed by atoms with Crippen molar-refractivity contribution in [1.82, 2.24) is 4.57 Å². The molecular formula is C23H18Cl2N2O4S. The van der Waals surface area contributed by atoms with Crippen molar-refractivity contribution in [3.63, 3.8) is 0 Å². The standard InChI is InChI=1S/C23H18Cl2N2O4S/c1-12-19(22(29)31-3)20(14-6-4-5-7-17(14)30-2)27-21(28)18(32-23(27)26-12)11-13-8-9-15(24)16(25)10-13/h4-11,20H,1-3H3/b18-11-. The molecule has 1 aliphatic heterocycles. The molecule has 32 heavy (non-hydrogen) atoms. The number of methoxy groups -OCH3 is 2. The fraction of sp³-hybridized carbons (Fsp3) is 0.174. The molecule has 1 aliphatic rings. The molecule has 6 nitrogen and oxygen atoms in total. The fourth-order valence-corrected chi connectivity index (χ4v) is 4.99. The third kappa shape index (κ3) is 3.88. The Balaban J connectivity index is 2.00. The van der Waals surface area contributed by atoms with Crippen molar-refractivity contribution >= 4 is 46.6 Å². The molecule has 0 saturated heterocycles. The zero-order valence-electron chi connectivity index (χ0n) is 17.4. The highest BCUT2D eigenvalue weighted by Crippen LogP contribution is 2.35. The minimum Gasteiger partial charge on any atom is -0.496 e. The number of para-hydroxylation sites is 1. The molecule has 0 spiro atoms. The van der Waals surface area contributed by atoms with Gasteiger partial charge < -0.3 is 9.47 Å². The molecule has 4 rings (SSSR count). The summed E-state index contributed by atoms with van der Waals surface area (Å²) < 4.78 is 12.5. The minimum absolute atomic E-state index is 0.283. The Morgan fingerprint density at radius 1 is 1.16 bits per heavy atom. The van der Waals surface area contributed by atoms with E-state index < -0.39 is 12.0 Å². The number of thiazole rings is 1. The second-order valence-electron chi connectivity index (χ2n) is 6.99. The summed E-state index contributed by atoms with van der Waals surface area (Å²) in [5.74, 6) is -0.00594. The predicted octanol–water partition coefficient (Wildman–Crippen LogP) is 3.72. The first-order valence-corrected chi connectivity index (χ1v) is 11.1. The lowest BCUT2D eigenvalue weighted by Gasteiger charge is -2.25. The number of hydrogen-bond acceptors (Lipinski definition) is 6. The minimum atomic E-state index is -0.745. The van der Waals surface area contributed by atoms with Gasteiger partial charge in [-0.15, -0.1) is 0 Å². The van der Waals surface area contributed by atoms with Crippen molar-refractivity contribution < 1.29 is 14.3 Å². The van der Waals surface area contributed by atoms with Crippen LogP contribution >= 0.6 is 34.5 Å². The maximum Gasteiger partial charge on any atom is 0.338 e. The van der Waals surface area contributed by atoms with Gasteiger partial charge in [-0.3, -0.25) is 9.36 Å². The van der Waals surface area contributed by atoms with Gasteiger partial charge in [0, 0.05) is 5.56 Å². The van der Waals surface area contributed by atoms with E-state index in [-0.39, 0.29) is 11.1 Å². The van der Waals surface area contributed by atoms with Crippen LogP contribution in [0.4, 0.5) is 0 Å². The third-order valence-corrected chi connectivity index (χ3v) is 6.82. The molecule has 1 aromatic heterocycles. The Morgan fingerprint density at radius 2 is 1.91 bits per heavy atom.